The molecular formula is C11H9NO5. The Hall–Kier alpha value is -2.50. The molecule has 1 rings (SSSR count). The zero-order valence-corrected chi connectivity index (χ0v) is 8.95. The van der Waals surface area contributed by atoms with Crippen LogP contribution in [0.5, 0.6) is 0 Å². The molecule has 17 heavy (non-hydrogen) atoms. The highest BCUT2D eigenvalue weighted by molar-refractivity contribution is 5.87. The smallest absolute Gasteiger partial charge is 0.330 e. The zero-order chi connectivity index (χ0) is 12.8. The van der Waals surface area contributed by atoms with Crippen molar-refractivity contribution in [3.8, 4) is 0 Å². The number of ether oxygens (including phenoxy) is 1. The Labute approximate surface area is 96.7 Å². The van der Waals surface area contributed by atoms with E-state index in [9.17, 15) is 19.7 Å². The highest BCUT2D eigenvalue weighted by Gasteiger charge is 2.08. The fourth-order valence-corrected chi connectivity index (χ4v) is 1.16. The first-order valence-corrected chi connectivity index (χ1v) is 4.57. The number of nitrogens with zero attached hydrogens (tertiary/aromatic N) is 1. The average molecular weight is 235 g/mol. The number of benzene rings is 1. The number of carbonyl (C=O) groups excluding carboxylic acids is 2. The molecule has 0 saturated heterocycles. The predicted octanol–water partition coefficient (Wildman–Crippen LogP) is 1.59. The molecule has 0 aliphatic heterocycles. The lowest BCUT2D eigenvalue weighted by atomic mass is 10.1. The normalized spacial score (nSPS) is 10.2. The SMILES string of the molecule is COC(=O)C=Cc1cc(C=O)cc([N+](=O)[O-])c1. The van der Waals surface area contributed by atoms with Crippen LogP contribution in [0.15, 0.2) is 24.3 Å². The minimum atomic E-state index is -0.609. The summed E-state index contributed by atoms with van der Waals surface area (Å²) in [6, 6.07) is 3.84. The van der Waals surface area contributed by atoms with E-state index < -0.39 is 10.9 Å². The summed E-state index contributed by atoms with van der Waals surface area (Å²) in [6.07, 6.45) is 2.96. The van der Waals surface area contributed by atoms with Gasteiger partial charge in [0.25, 0.3) is 5.69 Å². The molecule has 0 fully saturated rings. The molecule has 6 heteroatoms. The van der Waals surface area contributed by atoms with Crippen LogP contribution in [-0.2, 0) is 9.53 Å². The van der Waals surface area contributed by atoms with Gasteiger partial charge in [0.1, 0.15) is 6.29 Å². The third-order valence-corrected chi connectivity index (χ3v) is 1.92. The van der Waals surface area contributed by atoms with Crippen LogP contribution in [0, 0.1) is 10.1 Å². The van der Waals surface area contributed by atoms with Crippen molar-refractivity contribution in [2.75, 3.05) is 7.11 Å². The second-order valence-corrected chi connectivity index (χ2v) is 3.09. The van der Waals surface area contributed by atoms with Crippen LogP contribution in [0.25, 0.3) is 6.08 Å². The summed E-state index contributed by atoms with van der Waals surface area (Å²) in [7, 11) is 1.22. The Morgan fingerprint density at radius 3 is 2.53 bits per heavy atom. The zero-order valence-electron chi connectivity index (χ0n) is 8.95. The number of aldehydes is 1. The monoisotopic (exact) mass is 235 g/mol. The summed E-state index contributed by atoms with van der Waals surface area (Å²) >= 11 is 0. The quantitative estimate of drug-likeness (QED) is 0.260. The van der Waals surface area contributed by atoms with Crippen molar-refractivity contribution in [2.45, 2.75) is 0 Å². The van der Waals surface area contributed by atoms with E-state index in [1.54, 1.807) is 0 Å². The van der Waals surface area contributed by atoms with Gasteiger partial charge in [0, 0.05) is 23.8 Å². The first-order chi connectivity index (χ1) is 8.06. The number of nitro benzene ring substituents is 1. The third kappa shape index (κ3) is 3.53. The summed E-state index contributed by atoms with van der Waals surface area (Å²) in [5.41, 5.74) is 0.342. The number of esters is 1. The molecule has 1 aromatic rings. The van der Waals surface area contributed by atoms with E-state index in [0.29, 0.717) is 11.8 Å². The molecule has 0 saturated carbocycles. The molecule has 1 aromatic carbocycles. The van der Waals surface area contributed by atoms with Crippen LogP contribution in [0.1, 0.15) is 15.9 Å². The van der Waals surface area contributed by atoms with Crippen molar-refractivity contribution < 1.29 is 19.2 Å². The lowest BCUT2D eigenvalue weighted by Crippen LogP contribution is -1.94. The largest absolute Gasteiger partial charge is 0.466 e. The van der Waals surface area contributed by atoms with Crippen molar-refractivity contribution in [2.24, 2.45) is 0 Å². The van der Waals surface area contributed by atoms with Crippen LogP contribution < -0.4 is 0 Å². The van der Waals surface area contributed by atoms with Crippen LogP contribution in [0.2, 0.25) is 0 Å². The molecule has 0 aliphatic rings. The average Bonchev–Trinajstić information content (AvgIpc) is 2.35. The van der Waals surface area contributed by atoms with Crippen LogP contribution in [0.3, 0.4) is 0 Å². The van der Waals surface area contributed by atoms with E-state index in [1.165, 1.54) is 25.3 Å². The van der Waals surface area contributed by atoms with Gasteiger partial charge in [-0.2, -0.15) is 0 Å². The van der Waals surface area contributed by atoms with E-state index in [4.69, 9.17) is 0 Å². The van der Waals surface area contributed by atoms with Gasteiger partial charge in [0.2, 0.25) is 0 Å². The number of carbonyl (C=O) groups is 2. The number of non-ortho nitro benzene ring substituents is 1. The summed E-state index contributed by atoms with van der Waals surface area (Å²) in [5, 5.41) is 10.6. The van der Waals surface area contributed by atoms with Gasteiger partial charge >= 0.3 is 5.97 Å². The molecule has 88 valence electrons. The summed E-state index contributed by atoms with van der Waals surface area (Å²) in [5.74, 6) is -0.579. The van der Waals surface area contributed by atoms with Gasteiger partial charge in [0.05, 0.1) is 12.0 Å². The topological polar surface area (TPSA) is 86.5 Å². The molecule has 0 atom stereocenters. The predicted molar refractivity (Wildman–Crippen MR) is 59.5 cm³/mol. The van der Waals surface area contributed by atoms with E-state index in [-0.39, 0.29) is 11.3 Å². The number of rotatable bonds is 4. The maximum absolute atomic E-state index is 10.8. The fourth-order valence-electron chi connectivity index (χ4n) is 1.16. The van der Waals surface area contributed by atoms with Crippen molar-refractivity contribution in [3.05, 3.63) is 45.5 Å². The van der Waals surface area contributed by atoms with Gasteiger partial charge in [0.15, 0.2) is 0 Å². The molecule has 0 radical (unpaired) electrons. The number of methoxy groups -OCH3 is 1. The molecule has 6 nitrogen and oxygen atoms in total. The number of nitro groups is 1. The molecule has 0 aliphatic carbocycles. The Bertz CT molecular complexity index is 493. The Balaban J connectivity index is 3.11. The lowest BCUT2D eigenvalue weighted by Gasteiger charge is -1.97. The number of hydrogen-bond acceptors (Lipinski definition) is 5. The minimum absolute atomic E-state index is 0.170. The van der Waals surface area contributed by atoms with Gasteiger partial charge in [-0.3, -0.25) is 14.9 Å². The van der Waals surface area contributed by atoms with Gasteiger partial charge in [-0.15, -0.1) is 0 Å². The van der Waals surface area contributed by atoms with E-state index in [2.05, 4.69) is 4.74 Å². The maximum Gasteiger partial charge on any atom is 0.330 e. The van der Waals surface area contributed by atoms with Gasteiger partial charge in [-0.25, -0.2) is 4.79 Å². The Morgan fingerprint density at radius 1 is 1.35 bits per heavy atom. The first kappa shape index (κ1) is 12.6. The van der Waals surface area contributed by atoms with Gasteiger partial charge in [-0.1, -0.05) is 0 Å². The van der Waals surface area contributed by atoms with E-state index >= 15 is 0 Å². The van der Waals surface area contributed by atoms with E-state index in [0.717, 1.165) is 12.1 Å². The second-order valence-electron chi connectivity index (χ2n) is 3.09. The minimum Gasteiger partial charge on any atom is -0.466 e. The lowest BCUT2D eigenvalue weighted by molar-refractivity contribution is -0.384. The Kier molecular flexibility index (Phi) is 4.10. The van der Waals surface area contributed by atoms with Crippen molar-refractivity contribution in [3.63, 3.8) is 0 Å². The number of hydrogen-bond donors (Lipinski definition) is 0. The second kappa shape index (κ2) is 5.55. The van der Waals surface area contributed by atoms with Crippen molar-refractivity contribution in [1.29, 1.82) is 0 Å². The third-order valence-electron chi connectivity index (χ3n) is 1.92. The summed E-state index contributed by atoms with van der Waals surface area (Å²) in [6.45, 7) is 0. The highest BCUT2D eigenvalue weighted by Crippen LogP contribution is 2.17. The molecule has 0 spiro atoms. The molecule has 0 aromatic heterocycles. The molecule has 0 heterocycles. The van der Waals surface area contributed by atoms with E-state index in [1.807, 2.05) is 0 Å². The maximum atomic E-state index is 10.8. The standard InChI is InChI=1S/C11H9NO5/c1-17-11(14)3-2-8-4-9(7-13)6-10(5-8)12(15)16/h2-7H,1H3. The fraction of sp³-hybridized carbons (Fsp3) is 0.0909. The summed E-state index contributed by atoms with van der Waals surface area (Å²) < 4.78 is 4.38. The first-order valence-electron chi connectivity index (χ1n) is 4.57. The van der Waals surface area contributed by atoms with Crippen LogP contribution in [-0.4, -0.2) is 24.3 Å². The van der Waals surface area contributed by atoms with Gasteiger partial charge in [-0.05, 0) is 17.7 Å². The summed E-state index contributed by atoms with van der Waals surface area (Å²) in [4.78, 5) is 31.4. The highest BCUT2D eigenvalue weighted by atomic mass is 16.6. The molecule has 0 unspecified atom stereocenters. The van der Waals surface area contributed by atoms with Gasteiger partial charge < -0.3 is 4.74 Å². The molecule has 0 N–H and O–H groups in total. The molecule has 0 amide bonds. The van der Waals surface area contributed by atoms with Crippen molar-refractivity contribution in [1.82, 2.24) is 0 Å². The molecular weight excluding hydrogens is 226 g/mol. The van der Waals surface area contributed by atoms with Crippen LogP contribution in [0.4, 0.5) is 5.69 Å². The molecule has 0 bridgehead atoms. The Morgan fingerprint density at radius 2 is 2.00 bits per heavy atom. The van der Waals surface area contributed by atoms with Crippen molar-refractivity contribution >= 4 is 24.0 Å². The van der Waals surface area contributed by atoms with Crippen LogP contribution >= 0.6 is 0 Å².